The molecule has 0 aliphatic carbocycles. The Hall–Kier alpha value is -0.800. The highest BCUT2D eigenvalue weighted by molar-refractivity contribution is 6.34. The van der Waals surface area contributed by atoms with Crippen LogP contribution >= 0.6 is 23.2 Å². The predicted molar refractivity (Wildman–Crippen MR) is 77.5 cm³/mol. The first-order valence-electron chi connectivity index (χ1n) is 6.38. The van der Waals surface area contributed by atoms with Crippen molar-refractivity contribution in [2.24, 2.45) is 5.92 Å². The fourth-order valence-corrected chi connectivity index (χ4v) is 2.44. The minimum absolute atomic E-state index is 0.135. The number of nitrogens with one attached hydrogen (secondary N) is 1. The lowest BCUT2D eigenvalue weighted by atomic mass is 10.0. The first-order chi connectivity index (χ1) is 9.10. The molecule has 1 aromatic rings. The van der Waals surface area contributed by atoms with Crippen molar-refractivity contribution in [3.8, 4) is 0 Å². The summed E-state index contributed by atoms with van der Waals surface area (Å²) in [5.41, 5.74) is 0.169. The van der Waals surface area contributed by atoms with Crippen LogP contribution in [0.15, 0.2) is 18.2 Å². The number of halogens is 3. The number of hydrogen-bond donors (Lipinski definition) is 1. The van der Waals surface area contributed by atoms with Gasteiger partial charge in [0.15, 0.2) is 0 Å². The lowest BCUT2D eigenvalue weighted by molar-refractivity contribution is 0.0945. The minimum Gasteiger partial charge on any atom is -0.352 e. The predicted octanol–water partition coefficient (Wildman–Crippen LogP) is 4.25. The second kappa shape index (κ2) is 8.39. The summed E-state index contributed by atoms with van der Waals surface area (Å²) in [5.74, 6) is -0.0134. The monoisotopic (exact) mass is 305 g/mol. The van der Waals surface area contributed by atoms with Crippen molar-refractivity contribution < 1.29 is 9.18 Å². The first kappa shape index (κ1) is 16.3. The minimum atomic E-state index is -0.583. The maximum absolute atomic E-state index is 13.3. The van der Waals surface area contributed by atoms with Crippen molar-refractivity contribution in [3.05, 3.63) is 34.6 Å². The number of benzene rings is 1. The molecule has 1 rings (SSSR count). The average Bonchev–Trinajstić information content (AvgIpc) is 2.39. The van der Waals surface area contributed by atoms with E-state index >= 15 is 0 Å². The van der Waals surface area contributed by atoms with Crippen LogP contribution in [-0.2, 0) is 0 Å². The summed E-state index contributed by atoms with van der Waals surface area (Å²) in [7, 11) is 0. The molecule has 0 spiro atoms. The molecule has 0 aliphatic rings. The van der Waals surface area contributed by atoms with Gasteiger partial charge in [-0.3, -0.25) is 4.79 Å². The molecule has 0 aromatic heterocycles. The Bertz CT molecular complexity index is 420. The lowest BCUT2D eigenvalue weighted by Crippen LogP contribution is -2.29. The molecule has 0 bridgehead atoms. The van der Waals surface area contributed by atoms with Gasteiger partial charge in [0.05, 0.1) is 10.6 Å². The summed E-state index contributed by atoms with van der Waals surface area (Å²) >= 11 is 11.5. The van der Waals surface area contributed by atoms with Gasteiger partial charge in [-0.25, -0.2) is 4.39 Å². The van der Waals surface area contributed by atoms with Crippen LogP contribution in [0.2, 0.25) is 5.02 Å². The zero-order chi connectivity index (χ0) is 14.3. The Balaban J connectivity index is 2.61. The van der Waals surface area contributed by atoms with Crippen molar-refractivity contribution in [1.82, 2.24) is 5.32 Å². The van der Waals surface area contributed by atoms with Crippen LogP contribution in [0.25, 0.3) is 0 Å². The summed E-state index contributed by atoms with van der Waals surface area (Å²) in [4.78, 5) is 11.9. The van der Waals surface area contributed by atoms with Gasteiger partial charge in [-0.15, -0.1) is 11.6 Å². The smallest absolute Gasteiger partial charge is 0.252 e. The van der Waals surface area contributed by atoms with E-state index in [-0.39, 0.29) is 16.5 Å². The highest BCUT2D eigenvalue weighted by Gasteiger charge is 2.15. The van der Waals surface area contributed by atoms with Crippen LogP contribution in [0.5, 0.6) is 0 Å². The van der Waals surface area contributed by atoms with E-state index in [1.54, 1.807) is 0 Å². The van der Waals surface area contributed by atoms with Gasteiger partial charge in [-0.2, -0.15) is 0 Å². The number of alkyl halides is 1. The molecule has 0 fully saturated rings. The molecule has 1 unspecified atom stereocenters. The molecule has 0 radical (unpaired) electrons. The van der Waals surface area contributed by atoms with Gasteiger partial charge in [-0.1, -0.05) is 31.0 Å². The quantitative estimate of drug-likeness (QED) is 0.750. The number of hydrogen-bond acceptors (Lipinski definition) is 1. The van der Waals surface area contributed by atoms with Gasteiger partial charge < -0.3 is 5.32 Å². The Morgan fingerprint density at radius 2 is 2.16 bits per heavy atom. The normalized spacial score (nSPS) is 12.2. The van der Waals surface area contributed by atoms with E-state index in [1.807, 2.05) is 0 Å². The molecule has 1 aromatic carbocycles. The Morgan fingerprint density at radius 1 is 1.42 bits per heavy atom. The van der Waals surface area contributed by atoms with Gasteiger partial charge in [-0.05, 0) is 30.9 Å². The SMILES string of the molecule is CCCC(CCCl)CNC(=O)c1cccc(F)c1Cl. The summed E-state index contributed by atoms with van der Waals surface area (Å²) in [6, 6.07) is 4.21. The highest BCUT2D eigenvalue weighted by Crippen LogP contribution is 2.19. The molecule has 0 aliphatic heterocycles. The van der Waals surface area contributed by atoms with E-state index in [9.17, 15) is 9.18 Å². The molecule has 19 heavy (non-hydrogen) atoms. The van der Waals surface area contributed by atoms with Gasteiger partial charge >= 0.3 is 0 Å². The number of carbonyl (C=O) groups is 1. The van der Waals surface area contributed by atoms with Crippen molar-refractivity contribution in [2.45, 2.75) is 26.2 Å². The zero-order valence-corrected chi connectivity index (χ0v) is 12.4. The molecular weight excluding hydrogens is 288 g/mol. The third-order valence-electron chi connectivity index (χ3n) is 2.96. The van der Waals surface area contributed by atoms with Crippen LogP contribution in [0.1, 0.15) is 36.5 Å². The number of rotatable bonds is 7. The molecule has 2 nitrogen and oxygen atoms in total. The Labute approximate surface area is 123 Å². The lowest BCUT2D eigenvalue weighted by Gasteiger charge is -2.16. The molecule has 5 heteroatoms. The number of carbonyl (C=O) groups excluding carboxylic acids is 1. The fraction of sp³-hybridized carbons (Fsp3) is 0.500. The van der Waals surface area contributed by atoms with E-state index < -0.39 is 5.82 Å². The van der Waals surface area contributed by atoms with E-state index in [1.165, 1.54) is 18.2 Å². The summed E-state index contributed by atoms with van der Waals surface area (Å²) in [5, 5.41) is 2.65. The molecular formula is C14H18Cl2FNO. The molecule has 0 saturated heterocycles. The first-order valence-corrected chi connectivity index (χ1v) is 7.29. The molecule has 1 amide bonds. The van der Waals surface area contributed by atoms with E-state index in [4.69, 9.17) is 23.2 Å². The van der Waals surface area contributed by atoms with E-state index in [2.05, 4.69) is 12.2 Å². The van der Waals surface area contributed by atoms with E-state index in [0.717, 1.165) is 19.3 Å². The second-order valence-corrected chi connectivity index (χ2v) is 5.20. The molecule has 0 heterocycles. The maximum Gasteiger partial charge on any atom is 0.252 e. The largest absolute Gasteiger partial charge is 0.352 e. The summed E-state index contributed by atoms with van der Waals surface area (Å²) in [6.07, 6.45) is 2.90. The molecule has 1 N–H and O–H groups in total. The fourth-order valence-electron chi connectivity index (χ4n) is 1.92. The number of amides is 1. The van der Waals surface area contributed by atoms with E-state index in [0.29, 0.717) is 18.3 Å². The molecule has 106 valence electrons. The maximum atomic E-state index is 13.3. The third-order valence-corrected chi connectivity index (χ3v) is 3.56. The molecule has 1 atom stereocenters. The van der Waals surface area contributed by atoms with Gasteiger partial charge in [0, 0.05) is 12.4 Å². The Kier molecular flexibility index (Phi) is 7.17. The Morgan fingerprint density at radius 3 is 2.79 bits per heavy atom. The van der Waals surface area contributed by atoms with Crippen LogP contribution in [0.4, 0.5) is 4.39 Å². The van der Waals surface area contributed by atoms with Gasteiger partial charge in [0.2, 0.25) is 0 Å². The van der Waals surface area contributed by atoms with Crippen molar-refractivity contribution in [3.63, 3.8) is 0 Å². The topological polar surface area (TPSA) is 29.1 Å². The van der Waals surface area contributed by atoms with Crippen LogP contribution in [0.3, 0.4) is 0 Å². The van der Waals surface area contributed by atoms with Crippen LogP contribution < -0.4 is 5.32 Å². The standard InChI is InChI=1S/C14H18Cl2FNO/c1-2-4-10(7-8-15)9-18-14(19)11-5-3-6-12(17)13(11)16/h3,5-6,10H,2,4,7-9H2,1H3,(H,18,19). The molecule has 0 saturated carbocycles. The zero-order valence-electron chi connectivity index (χ0n) is 10.9. The van der Waals surface area contributed by atoms with Crippen molar-refractivity contribution in [2.75, 3.05) is 12.4 Å². The summed E-state index contributed by atoms with van der Waals surface area (Å²) < 4.78 is 13.3. The van der Waals surface area contributed by atoms with Crippen molar-refractivity contribution >= 4 is 29.1 Å². The third kappa shape index (κ3) is 5.00. The second-order valence-electron chi connectivity index (χ2n) is 4.44. The average molecular weight is 306 g/mol. The highest BCUT2D eigenvalue weighted by atomic mass is 35.5. The van der Waals surface area contributed by atoms with Crippen molar-refractivity contribution in [1.29, 1.82) is 0 Å². The summed E-state index contributed by atoms with van der Waals surface area (Å²) in [6.45, 7) is 2.62. The van der Waals surface area contributed by atoms with Gasteiger partial charge in [0.25, 0.3) is 5.91 Å². The van der Waals surface area contributed by atoms with Crippen LogP contribution in [0, 0.1) is 11.7 Å². The van der Waals surface area contributed by atoms with Gasteiger partial charge in [0.1, 0.15) is 5.82 Å². The van der Waals surface area contributed by atoms with Crippen LogP contribution in [-0.4, -0.2) is 18.3 Å².